The molecule has 12 heteroatoms. The minimum Gasteiger partial charge on any atom is -0.394 e. The van der Waals surface area contributed by atoms with Crippen LogP contribution < -0.4 is 11.2 Å². The SMILES string of the molecule is Nc1nc(NN=Cc2ccccn2)nc2c1ncn2[C@@H]1O[C@H](CO)[C@@H](O)[C@H]1O. The monoisotopic (exact) mass is 386 g/mol. The number of hydrogen-bond donors (Lipinski definition) is 5. The van der Waals surface area contributed by atoms with Crippen LogP contribution in [-0.4, -0.2) is 71.0 Å². The topological polar surface area (TPSA) is 177 Å². The first kappa shape index (κ1) is 18.2. The van der Waals surface area contributed by atoms with E-state index in [9.17, 15) is 15.3 Å². The summed E-state index contributed by atoms with van der Waals surface area (Å²) < 4.78 is 6.94. The maximum atomic E-state index is 10.2. The number of ether oxygens (including phenoxy) is 1. The lowest BCUT2D eigenvalue weighted by Crippen LogP contribution is -2.33. The molecular weight excluding hydrogens is 368 g/mol. The first-order valence-electron chi connectivity index (χ1n) is 8.41. The van der Waals surface area contributed by atoms with Crippen molar-refractivity contribution in [2.45, 2.75) is 24.5 Å². The van der Waals surface area contributed by atoms with E-state index in [-0.39, 0.29) is 17.4 Å². The van der Waals surface area contributed by atoms with Crippen LogP contribution in [0, 0.1) is 0 Å². The van der Waals surface area contributed by atoms with Crippen molar-refractivity contribution in [3.05, 3.63) is 36.4 Å². The average Bonchev–Trinajstić information content (AvgIpc) is 3.24. The fourth-order valence-corrected chi connectivity index (χ4v) is 2.89. The van der Waals surface area contributed by atoms with E-state index in [2.05, 4.69) is 30.5 Å². The molecule has 12 nitrogen and oxygen atoms in total. The lowest BCUT2D eigenvalue weighted by Gasteiger charge is -2.16. The Balaban J connectivity index is 1.63. The van der Waals surface area contributed by atoms with Crippen LogP contribution in [0.5, 0.6) is 0 Å². The van der Waals surface area contributed by atoms with Crippen molar-refractivity contribution >= 4 is 29.1 Å². The van der Waals surface area contributed by atoms with Gasteiger partial charge in [-0.1, -0.05) is 6.07 Å². The zero-order valence-electron chi connectivity index (χ0n) is 14.5. The number of aliphatic hydroxyl groups is 3. The highest BCUT2D eigenvalue weighted by molar-refractivity contribution is 5.83. The number of hydrogen-bond acceptors (Lipinski definition) is 11. The predicted octanol–water partition coefficient (Wildman–Crippen LogP) is -1.14. The minimum absolute atomic E-state index is 0.102. The van der Waals surface area contributed by atoms with Crippen molar-refractivity contribution < 1.29 is 20.1 Å². The quantitative estimate of drug-likeness (QED) is 0.266. The zero-order valence-corrected chi connectivity index (χ0v) is 14.5. The van der Waals surface area contributed by atoms with E-state index in [0.29, 0.717) is 11.2 Å². The highest BCUT2D eigenvalue weighted by Gasteiger charge is 2.44. The van der Waals surface area contributed by atoms with Crippen LogP contribution in [0.15, 0.2) is 35.8 Å². The van der Waals surface area contributed by atoms with Gasteiger partial charge in [-0.15, -0.1) is 0 Å². The molecule has 3 aromatic rings. The van der Waals surface area contributed by atoms with Gasteiger partial charge in [0.2, 0.25) is 5.95 Å². The van der Waals surface area contributed by atoms with Gasteiger partial charge in [0.25, 0.3) is 0 Å². The smallest absolute Gasteiger partial charge is 0.247 e. The Labute approximate surface area is 158 Å². The number of imidazole rings is 1. The first-order valence-corrected chi connectivity index (χ1v) is 8.41. The van der Waals surface area contributed by atoms with E-state index >= 15 is 0 Å². The van der Waals surface area contributed by atoms with Crippen LogP contribution in [0.2, 0.25) is 0 Å². The van der Waals surface area contributed by atoms with Crippen LogP contribution in [0.3, 0.4) is 0 Å². The van der Waals surface area contributed by atoms with Gasteiger partial charge in [-0.3, -0.25) is 9.55 Å². The maximum Gasteiger partial charge on any atom is 0.247 e. The number of anilines is 2. The zero-order chi connectivity index (χ0) is 19.7. The van der Waals surface area contributed by atoms with E-state index in [4.69, 9.17) is 10.5 Å². The third kappa shape index (κ3) is 3.25. The van der Waals surface area contributed by atoms with Crippen molar-refractivity contribution in [3.63, 3.8) is 0 Å². The minimum atomic E-state index is -1.27. The summed E-state index contributed by atoms with van der Waals surface area (Å²) in [4.78, 5) is 16.7. The van der Waals surface area contributed by atoms with Gasteiger partial charge >= 0.3 is 0 Å². The fourth-order valence-electron chi connectivity index (χ4n) is 2.89. The van der Waals surface area contributed by atoms with Gasteiger partial charge in [-0.2, -0.15) is 15.1 Å². The number of nitrogens with two attached hydrogens (primary N) is 1. The summed E-state index contributed by atoms with van der Waals surface area (Å²) >= 11 is 0. The summed E-state index contributed by atoms with van der Waals surface area (Å²) in [6, 6.07) is 5.40. The van der Waals surface area contributed by atoms with Crippen LogP contribution in [0.25, 0.3) is 11.2 Å². The molecule has 0 amide bonds. The molecule has 0 saturated carbocycles. The van der Waals surface area contributed by atoms with Crippen LogP contribution >= 0.6 is 0 Å². The molecule has 3 aromatic heterocycles. The molecule has 4 heterocycles. The molecule has 1 saturated heterocycles. The summed E-state index contributed by atoms with van der Waals surface area (Å²) in [7, 11) is 0. The van der Waals surface area contributed by atoms with Gasteiger partial charge in [0, 0.05) is 6.20 Å². The van der Waals surface area contributed by atoms with Crippen molar-refractivity contribution in [1.29, 1.82) is 0 Å². The number of pyridine rings is 1. The number of fused-ring (bicyclic) bond motifs is 1. The summed E-state index contributed by atoms with van der Waals surface area (Å²) in [5.41, 5.74) is 9.83. The van der Waals surface area contributed by atoms with E-state index < -0.39 is 31.1 Å². The Morgan fingerprint density at radius 1 is 1.25 bits per heavy atom. The molecule has 0 bridgehead atoms. The Morgan fingerprint density at radius 2 is 2.11 bits per heavy atom. The number of aliphatic hydroxyl groups excluding tert-OH is 3. The highest BCUT2D eigenvalue weighted by atomic mass is 16.6. The lowest BCUT2D eigenvalue weighted by molar-refractivity contribution is -0.0511. The molecule has 1 aliphatic heterocycles. The number of nitrogen functional groups attached to an aromatic ring is 1. The number of nitrogens with zero attached hydrogens (tertiary/aromatic N) is 6. The molecule has 28 heavy (non-hydrogen) atoms. The van der Waals surface area contributed by atoms with Crippen LogP contribution in [0.4, 0.5) is 11.8 Å². The van der Waals surface area contributed by atoms with Gasteiger partial charge in [0.1, 0.15) is 23.8 Å². The van der Waals surface area contributed by atoms with Gasteiger partial charge in [-0.25, -0.2) is 10.4 Å². The Morgan fingerprint density at radius 3 is 2.82 bits per heavy atom. The number of rotatable bonds is 5. The Kier molecular flexibility index (Phi) is 4.83. The molecule has 6 N–H and O–H groups in total. The molecule has 1 aliphatic rings. The van der Waals surface area contributed by atoms with Crippen LogP contribution in [0.1, 0.15) is 11.9 Å². The third-order valence-electron chi connectivity index (χ3n) is 4.29. The maximum absolute atomic E-state index is 10.2. The molecule has 1 fully saturated rings. The molecule has 0 spiro atoms. The number of aromatic nitrogens is 5. The third-order valence-corrected chi connectivity index (χ3v) is 4.29. The largest absolute Gasteiger partial charge is 0.394 e. The summed E-state index contributed by atoms with van der Waals surface area (Å²) in [5.74, 6) is 0.205. The number of hydrazone groups is 1. The fraction of sp³-hybridized carbons (Fsp3) is 0.312. The predicted molar refractivity (Wildman–Crippen MR) is 98.2 cm³/mol. The second-order valence-corrected chi connectivity index (χ2v) is 6.11. The Bertz CT molecular complexity index is 995. The summed E-state index contributed by atoms with van der Waals surface area (Å²) in [6.07, 6.45) is 0.0796. The van der Waals surface area contributed by atoms with E-state index in [0.717, 1.165) is 0 Å². The molecular formula is C16H18N8O4. The van der Waals surface area contributed by atoms with Crippen molar-refractivity contribution in [2.24, 2.45) is 5.10 Å². The summed E-state index contributed by atoms with van der Waals surface area (Å²) in [5, 5.41) is 33.5. The normalized spacial score (nSPS) is 25.0. The van der Waals surface area contributed by atoms with Gasteiger partial charge < -0.3 is 25.8 Å². The highest BCUT2D eigenvalue weighted by Crippen LogP contribution is 2.32. The van der Waals surface area contributed by atoms with Crippen molar-refractivity contribution in [3.8, 4) is 0 Å². The molecule has 4 atom stereocenters. The summed E-state index contributed by atoms with van der Waals surface area (Å²) in [6.45, 7) is -0.437. The van der Waals surface area contributed by atoms with Gasteiger partial charge in [-0.05, 0) is 12.1 Å². The second kappa shape index (κ2) is 7.44. The average molecular weight is 386 g/mol. The second-order valence-electron chi connectivity index (χ2n) is 6.11. The first-order chi connectivity index (χ1) is 13.6. The molecule has 0 unspecified atom stereocenters. The standard InChI is InChI=1S/C16H18N8O4/c17-13-10-14(22-16(21-13)23-20-5-8-3-1-2-4-18-8)24(7-19-10)15-12(27)11(26)9(6-25)28-15/h1-5,7,9,11-12,15,25-27H,6H2,(H3,17,21,22,23)/t9-,11-,12-,15-/m1/s1. The molecule has 146 valence electrons. The lowest BCUT2D eigenvalue weighted by atomic mass is 10.1. The van der Waals surface area contributed by atoms with E-state index in [1.54, 1.807) is 18.3 Å². The van der Waals surface area contributed by atoms with Gasteiger partial charge in [0.15, 0.2) is 17.7 Å². The molecule has 0 radical (unpaired) electrons. The Hall–Kier alpha value is -3.19. The number of nitrogens with one attached hydrogen (secondary N) is 1. The molecule has 4 rings (SSSR count). The van der Waals surface area contributed by atoms with E-state index in [1.165, 1.54) is 17.1 Å². The van der Waals surface area contributed by atoms with Gasteiger partial charge in [0.05, 0.1) is 24.8 Å². The molecule has 0 aliphatic carbocycles. The van der Waals surface area contributed by atoms with E-state index in [1.807, 2.05) is 6.07 Å². The van der Waals surface area contributed by atoms with Crippen molar-refractivity contribution in [2.75, 3.05) is 17.8 Å². The van der Waals surface area contributed by atoms with Crippen LogP contribution in [-0.2, 0) is 4.74 Å². The van der Waals surface area contributed by atoms with Crippen molar-refractivity contribution in [1.82, 2.24) is 24.5 Å². The molecule has 0 aromatic carbocycles.